The van der Waals surface area contributed by atoms with Crippen molar-refractivity contribution in [3.8, 4) is 0 Å². The SMILES string of the molecule is C=C=CC1(C)/C(=C\C)[C@@H](F)CC2C3CC(C)C(C(=O)CO)C3(C)CC(O)[C@@]21F. The number of alkyl halides is 2. The highest BCUT2D eigenvalue weighted by molar-refractivity contribution is 5.83. The average molecular weight is 395 g/mol. The van der Waals surface area contributed by atoms with Gasteiger partial charge in [0, 0.05) is 11.8 Å². The molecule has 9 atom stereocenters. The quantitative estimate of drug-likeness (QED) is 0.563. The Morgan fingerprint density at radius 2 is 2.00 bits per heavy atom. The molecule has 3 aliphatic carbocycles. The molecule has 0 amide bonds. The molecular formula is C23H32F2O3. The first-order valence-corrected chi connectivity index (χ1v) is 10.2. The van der Waals surface area contributed by atoms with E-state index in [0.717, 1.165) is 0 Å². The Kier molecular flexibility index (Phi) is 5.28. The fourth-order valence-corrected chi connectivity index (χ4v) is 7.32. The van der Waals surface area contributed by atoms with Gasteiger partial charge in [-0.3, -0.25) is 4.79 Å². The van der Waals surface area contributed by atoms with E-state index < -0.39 is 47.2 Å². The summed E-state index contributed by atoms with van der Waals surface area (Å²) in [7, 11) is 0. The van der Waals surface area contributed by atoms with Gasteiger partial charge in [-0.2, -0.15) is 0 Å². The van der Waals surface area contributed by atoms with Crippen molar-refractivity contribution in [1.82, 2.24) is 0 Å². The van der Waals surface area contributed by atoms with Crippen LogP contribution in [0, 0.1) is 34.5 Å². The zero-order chi connectivity index (χ0) is 21.1. The maximum Gasteiger partial charge on any atom is 0.162 e. The number of hydrogen-bond acceptors (Lipinski definition) is 3. The lowest BCUT2D eigenvalue weighted by Crippen LogP contribution is -2.68. The Morgan fingerprint density at radius 3 is 2.54 bits per heavy atom. The van der Waals surface area contributed by atoms with Gasteiger partial charge >= 0.3 is 0 Å². The van der Waals surface area contributed by atoms with Gasteiger partial charge in [0.2, 0.25) is 0 Å². The lowest BCUT2D eigenvalue weighted by Gasteiger charge is -2.61. The maximum atomic E-state index is 16.9. The highest BCUT2D eigenvalue weighted by Crippen LogP contribution is 2.69. The molecule has 0 spiro atoms. The van der Waals surface area contributed by atoms with E-state index in [1.54, 1.807) is 19.9 Å². The molecule has 3 nitrogen and oxygen atoms in total. The number of allylic oxidation sites excluding steroid dienone is 3. The molecule has 156 valence electrons. The van der Waals surface area contributed by atoms with Crippen molar-refractivity contribution in [1.29, 1.82) is 0 Å². The predicted octanol–water partition coefficient (Wildman–Crippen LogP) is 3.95. The second kappa shape index (κ2) is 6.90. The Hall–Kier alpha value is -1.29. The molecule has 5 heteroatoms. The third kappa shape index (κ3) is 2.49. The van der Waals surface area contributed by atoms with Crippen LogP contribution in [0.25, 0.3) is 0 Å². The zero-order valence-corrected chi connectivity index (χ0v) is 17.2. The summed E-state index contributed by atoms with van der Waals surface area (Å²) in [5.41, 5.74) is -1.13. The lowest BCUT2D eigenvalue weighted by molar-refractivity contribution is -0.201. The topological polar surface area (TPSA) is 57.5 Å². The van der Waals surface area contributed by atoms with Crippen molar-refractivity contribution in [2.45, 2.75) is 64.9 Å². The minimum atomic E-state index is -2.07. The van der Waals surface area contributed by atoms with Gasteiger partial charge in [0.1, 0.15) is 12.8 Å². The van der Waals surface area contributed by atoms with E-state index >= 15 is 8.78 Å². The first-order chi connectivity index (χ1) is 13.0. The number of ketones is 1. The second-order valence-corrected chi connectivity index (χ2v) is 9.52. The normalized spacial score (nSPS) is 51.9. The van der Waals surface area contributed by atoms with Crippen LogP contribution in [0.2, 0.25) is 0 Å². The Morgan fingerprint density at radius 1 is 1.36 bits per heavy atom. The largest absolute Gasteiger partial charge is 0.390 e. The highest BCUT2D eigenvalue weighted by Gasteiger charge is 2.72. The molecule has 0 aromatic carbocycles. The van der Waals surface area contributed by atoms with Crippen LogP contribution in [0.4, 0.5) is 8.78 Å². The fraction of sp³-hybridized carbons (Fsp3) is 0.739. The van der Waals surface area contributed by atoms with Crippen molar-refractivity contribution < 1.29 is 23.8 Å². The first-order valence-electron chi connectivity index (χ1n) is 10.2. The average Bonchev–Trinajstić information content (AvgIpc) is 2.88. The third-order valence-corrected chi connectivity index (χ3v) is 8.29. The minimum absolute atomic E-state index is 0.0131. The van der Waals surface area contributed by atoms with Crippen LogP contribution in [0.1, 0.15) is 47.0 Å². The number of fused-ring (bicyclic) bond motifs is 3. The van der Waals surface area contributed by atoms with Crippen LogP contribution in [0.3, 0.4) is 0 Å². The summed E-state index contributed by atoms with van der Waals surface area (Å²) >= 11 is 0. The van der Waals surface area contributed by atoms with Crippen molar-refractivity contribution >= 4 is 5.78 Å². The molecule has 0 bridgehead atoms. The fourth-order valence-electron chi connectivity index (χ4n) is 7.32. The summed E-state index contributed by atoms with van der Waals surface area (Å²) in [5.74, 6) is -1.75. The second-order valence-electron chi connectivity index (χ2n) is 9.52. The molecule has 0 aliphatic heterocycles. The number of Topliss-reactive ketones (excluding diaryl/α,β-unsaturated/α-hetero) is 1. The van der Waals surface area contributed by atoms with Gasteiger partial charge in [0.05, 0.1) is 11.5 Å². The van der Waals surface area contributed by atoms with Crippen molar-refractivity contribution in [3.05, 3.63) is 30.0 Å². The van der Waals surface area contributed by atoms with E-state index in [4.69, 9.17) is 0 Å². The van der Waals surface area contributed by atoms with Gasteiger partial charge in [0.25, 0.3) is 0 Å². The molecule has 3 fully saturated rings. The molecule has 3 saturated carbocycles. The Balaban J connectivity index is 2.17. The van der Waals surface area contributed by atoms with E-state index in [9.17, 15) is 15.0 Å². The van der Waals surface area contributed by atoms with Gasteiger partial charge in [0.15, 0.2) is 11.5 Å². The van der Waals surface area contributed by atoms with Gasteiger partial charge < -0.3 is 10.2 Å². The number of halogens is 2. The highest BCUT2D eigenvalue weighted by atomic mass is 19.1. The summed E-state index contributed by atoms with van der Waals surface area (Å²) in [5, 5.41) is 20.6. The molecule has 0 radical (unpaired) electrons. The van der Waals surface area contributed by atoms with E-state index in [0.29, 0.717) is 12.0 Å². The van der Waals surface area contributed by atoms with E-state index in [-0.39, 0.29) is 30.5 Å². The van der Waals surface area contributed by atoms with Crippen molar-refractivity contribution in [2.24, 2.45) is 34.5 Å². The molecule has 0 aromatic rings. The van der Waals surface area contributed by atoms with E-state index in [1.807, 2.05) is 13.8 Å². The summed E-state index contributed by atoms with van der Waals surface area (Å²) in [6.07, 6.45) is 1.07. The first kappa shape index (κ1) is 21.4. The number of aliphatic hydroxyl groups is 2. The third-order valence-electron chi connectivity index (χ3n) is 8.29. The Bertz CT molecular complexity index is 742. The van der Waals surface area contributed by atoms with Gasteiger partial charge in [-0.1, -0.05) is 26.5 Å². The molecule has 2 N–H and O–H groups in total. The van der Waals surface area contributed by atoms with Crippen LogP contribution in [-0.2, 0) is 4.79 Å². The van der Waals surface area contributed by atoms with Crippen LogP contribution in [0.15, 0.2) is 30.0 Å². The van der Waals surface area contributed by atoms with Crippen molar-refractivity contribution in [2.75, 3.05) is 6.61 Å². The van der Waals surface area contributed by atoms with Crippen LogP contribution < -0.4 is 0 Å². The van der Waals surface area contributed by atoms with Crippen LogP contribution >= 0.6 is 0 Å². The number of carbonyl (C=O) groups excluding carboxylic acids is 1. The summed E-state index contributed by atoms with van der Waals surface area (Å²) < 4.78 is 32.2. The molecule has 3 aliphatic rings. The van der Waals surface area contributed by atoms with Gasteiger partial charge in [-0.05, 0) is 62.0 Å². The predicted molar refractivity (Wildman–Crippen MR) is 104 cm³/mol. The maximum absolute atomic E-state index is 16.9. The summed E-state index contributed by atoms with van der Waals surface area (Å²) in [6, 6.07) is 0. The summed E-state index contributed by atoms with van der Waals surface area (Å²) in [6.45, 7) is 10.2. The summed E-state index contributed by atoms with van der Waals surface area (Å²) in [4.78, 5) is 12.5. The van der Waals surface area contributed by atoms with Gasteiger partial charge in [-0.15, -0.1) is 5.73 Å². The molecule has 0 aromatic heterocycles. The lowest BCUT2D eigenvalue weighted by atomic mass is 9.45. The molecule has 0 saturated heterocycles. The zero-order valence-electron chi connectivity index (χ0n) is 17.2. The Labute approximate surface area is 166 Å². The minimum Gasteiger partial charge on any atom is -0.390 e. The standard InChI is InChI=1S/C23H32F2O3/c1-6-8-22(5)14(7-2)17(24)10-16-15-9-13(3)20(18(27)12-26)21(15,4)11-19(28)23(16,22)25/h7-8,13,15-17,19-20,26,28H,1,9-12H2,2-5H3/b14-7-/t13?,15?,16?,17-,19?,20?,21?,22?,23-/m0/s1. The molecule has 7 unspecified atom stereocenters. The van der Waals surface area contributed by atoms with Crippen molar-refractivity contribution in [3.63, 3.8) is 0 Å². The molecular weight excluding hydrogens is 362 g/mol. The monoisotopic (exact) mass is 394 g/mol. The number of carbonyl (C=O) groups is 1. The number of rotatable bonds is 3. The van der Waals surface area contributed by atoms with E-state index in [2.05, 4.69) is 12.3 Å². The van der Waals surface area contributed by atoms with Crippen LogP contribution in [-0.4, -0.2) is 40.5 Å². The number of hydrogen-bond donors (Lipinski definition) is 2. The number of aliphatic hydroxyl groups excluding tert-OH is 2. The molecule has 0 heterocycles. The molecule has 28 heavy (non-hydrogen) atoms. The van der Waals surface area contributed by atoms with Gasteiger partial charge in [-0.25, -0.2) is 8.78 Å². The smallest absolute Gasteiger partial charge is 0.162 e. The van der Waals surface area contributed by atoms with Crippen LogP contribution in [0.5, 0.6) is 0 Å². The van der Waals surface area contributed by atoms with E-state index in [1.165, 1.54) is 6.08 Å². The molecule has 3 rings (SSSR count).